The van der Waals surface area contributed by atoms with Crippen molar-refractivity contribution in [3.05, 3.63) is 38.3 Å². The minimum atomic E-state index is -0.354. The maximum absolute atomic E-state index is 10.9. The molecule has 1 aromatic carbocycles. The van der Waals surface area contributed by atoms with E-state index in [0.29, 0.717) is 25.0 Å². The summed E-state index contributed by atoms with van der Waals surface area (Å²) in [6, 6.07) is 5.49. The summed E-state index contributed by atoms with van der Waals surface area (Å²) >= 11 is 3.34. The minimum Gasteiger partial charge on any atom is -0.329 e. The maximum atomic E-state index is 10.9. The molecular formula is C14H20BrN3O2. The van der Waals surface area contributed by atoms with Gasteiger partial charge in [0.25, 0.3) is 5.69 Å². The second-order valence-electron chi connectivity index (χ2n) is 5.47. The van der Waals surface area contributed by atoms with Gasteiger partial charge in [0, 0.05) is 35.7 Å². The molecule has 1 fully saturated rings. The Balaban J connectivity index is 2.18. The number of nitrogens with zero attached hydrogens (tertiary/aromatic N) is 2. The molecule has 0 aromatic heterocycles. The molecular weight excluding hydrogens is 322 g/mol. The molecule has 1 saturated heterocycles. The highest BCUT2D eigenvalue weighted by Crippen LogP contribution is 2.27. The van der Waals surface area contributed by atoms with Crippen LogP contribution in [0.5, 0.6) is 0 Å². The first kappa shape index (κ1) is 15.4. The summed E-state index contributed by atoms with van der Waals surface area (Å²) in [6.07, 6.45) is 2.37. The third kappa shape index (κ3) is 3.56. The molecule has 1 aliphatic heterocycles. The van der Waals surface area contributed by atoms with E-state index in [4.69, 9.17) is 5.73 Å². The monoisotopic (exact) mass is 341 g/mol. The van der Waals surface area contributed by atoms with Crippen molar-refractivity contribution in [3.8, 4) is 0 Å². The summed E-state index contributed by atoms with van der Waals surface area (Å²) in [7, 11) is 0. The fraction of sp³-hybridized carbons (Fsp3) is 0.571. The van der Waals surface area contributed by atoms with Crippen molar-refractivity contribution in [1.29, 1.82) is 0 Å². The molecule has 2 atom stereocenters. The SMILES string of the molecule is CC1CCCN(Cc2cc(Br)cc([N+](=O)[O-])c2)C1CN. The lowest BCUT2D eigenvalue weighted by atomic mass is 9.90. The van der Waals surface area contributed by atoms with Gasteiger partial charge in [0.2, 0.25) is 0 Å². The number of halogens is 1. The minimum absolute atomic E-state index is 0.128. The summed E-state index contributed by atoms with van der Waals surface area (Å²) < 4.78 is 0.746. The molecule has 20 heavy (non-hydrogen) atoms. The molecule has 1 aliphatic rings. The Hall–Kier alpha value is -0.980. The first-order valence-corrected chi connectivity index (χ1v) is 7.68. The lowest BCUT2D eigenvalue weighted by molar-refractivity contribution is -0.385. The van der Waals surface area contributed by atoms with E-state index in [1.807, 2.05) is 6.07 Å². The summed E-state index contributed by atoms with van der Waals surface area (Å²) in [6.45, 7) is 4.59. The molecule has 110 valence electrons. The molecule has 0 radical (unpaired) electrons. The van der Waals surface area contributed by atoms with Crippen molar-refractivity contribution in [2.24, 2.45) is 11.7 Å². The molecule has 0 spiro atoms. The zero-order valence-electron chi connectivity index (χ0n) is 11.6. The standard InChI is InChI=1S/C14H20BrN3O2/c1-10-3-2-4-17(14(10)8-16)9-11-5-12(15)7-13(6-11)18(19)20/h5-7,10,14H,2-4,8-9,16H2,1H3. The largest absolute Gasteiger partial charge is 0.329 e. The predicted octanol–water partition coefficient (Wildman–Crippen LogP) is 2.92. The molecule has 0 amide bonds. The van der Waals surface area contributed by atoms with Gasteiger partial charge in [-0.2, -0.15) is 0 Å². The molecule has 2 N–H and O–H groups in total. The summed E-state index contributed by atoms with van der Waals surface area (Å²) in [5.41, 5.74) is 6.97. The van der Waals surface area contributed by atoms with E-state index in [2.05, 4.69) is 27.8 Å². The number of likely N-dealkylation sites (tertiary alicyclic amines) is 1. The van der Waals surface area contributed by atoms with Crippen LogP contribution in [0, 0.1) is 16.0 Å². The van der Waals surface area contributed by atoms with E-state index >= 15 is 0 Å². The quantitative estimate of drug-likeness (QED) is 0.675. The van der Waals surface area contributed by atoms with Crippen LogP contribution in [0.15, 0.2) is 22.7 Å². The normalized spacial score (nSPS) is 23.8. The first-order valence-electron chi connectivity index (χ1n) is 6.89. The topological polar surface area (TPSA) is 72.4 Å². The van der Waals surface area contributed by atoms with Crippen LogP contribution >= 0.6 is 15.9 Å². The molecule has 6 heteroatoms. The average molecular weight is 342 g/mol. The van der Waals surface area contributed by atoms with Gasteiger partial charge in [-0.3, -0.25) is 15.0 Å². The number of nitro groups is 1. The van der Waals surface area contributed by atoms with Gasteiger partial charge in [-0.1, -0.05) is 22.9 Å². The third-order valence-corrected chi connectivity index (χ3v) is 4.47. The number of rotatable bonds is 4. The smallest absolute Gasteiger partial charge is 0.270 e. The van der Waals surface area contributed by atoms with Crippen LogP contribution in [0.2, 0.25) is 0 Å². The van der Waals surface area contributed by atoms with Crippen molar-refractivity contribution in [2.75, 3.05) is 13.1 Å². The number of hydrogen-bond donors (Lipinski definition) is 1. The van der Waals surface area contributed by atoms with Crippen LogP contribution in [0.25, 0.3) is 0 Å². The number of non-ortho nitro benzene ring substituents is 1. The Kier molecular flexibility index (Phi) is 5.12. The van der Waals surface area contributed by atoms with Gasteiger partial charge in [-0.15, -0.1) is 0 Å². The highest BCUT2D eigenvalue weighted by atomic mass is 79.9. The molecule has 1 aromatic rings. The molecule has 0 saturated carbocycles. The zero-order valence-corrected chi connectivity index (χ0v) is 13.2. The third-order valence-electron chi connectivity index (χ3n) is 4.01. The van der Waals surface area contributed by atoms with E-state index in [1.54, 1.807) is 6.07 Å². The van der Waals surface area contributed by atoms with E-state index in [1.165, 1.54) is 12.5 Å². The van der Waals surface area contributed by atoms with E-state index in [-0.39, 0.29) is 10.6 Å². The van der Waals surface area contributed by atoms with Gasteiger partial charge in [0.1, 0.15) is 0 Å². The molecule has 0 bridgehead atoms. The first-order chi connectivity index (χ1) is 9.51. The molecule has 2 rings (SSSR count). The molecule has 1 heterocycles. The van der Waals surface area contributed by atoms with E-state index in [9.17, 15) is 10.1 Å². The zero-order chi connectivity index (χ0) is 14.7. The Morgan fingerprint density at radius 1 is 1.50 bits per heavy atom. The van der Waals surface area contributed by atoms with E-state index in [0.717, 1.165) is 23.0 Å². The van der Waals surface area contributed by atoms with Gasteiger partial charge in [-0.25, -0.2) is 0 Å². The number of nitro benzene ring substituents is 1. The van der Waals surface area contributed by atoms with Crippen molar-refractivity contribution in [1.82, 2.24) is 4.90 Å². The second-order valence-corrected chi connectivity index (χ2v) is 6.38. The predicted molar refractivity (Wildman–Crippen MR) is 82.4 cm³/mol. The van der Waals surface area contributed by atoms with Crippen LogP contribution in [0.1, 0.15) is 25.3 Å². The van der Waals surface area contributed by atoms with Crippen LogP contribution in [-0.4, -0.2) is 29.0 Å². The summed E-state index contributed by atoms with van der Waals surface area (Å²) in [5.74, 6) is 0.580. The van der Waals surface area contributed by atoms with Crippen LogP contribution in [0.3, 0.4) is 0 Å². The van der Waals surface area contributed by atoms with Crippen LogP contribution < -0.4 is 5.73 Å². The number of hydrogen-bond acceptors (Lipinski definition) is 4. The lowest BCUT2D eigenvalue weighted by Crippen LogP contribution is -2.48. The van der Waals surface area contributed by atoms with Crippen LogP contribution in [-0.2, 0) is 6.54 Å². The van der Waals surface area contributed by atoms with Crippen molar-refractivity contribution < 1.29 is 4.92 Å². The molecule has 2 unspecified atom stereocenters. The molecule has 0 aliphatic carbocycles. The number of piperidine rings is 1. The maximum Gasteiger partial charge on any atom is 0.270 e. The summed E-state index contributed by atoms with van der Waals surface area (Å²) in [4.78, 5) is 12.9. The Morgan fingerprint density at radius 3 is 2.90 bits per heavy atom. The lowest BCUT2D eigenvalue weighted by Gasteiger charge is -2.39. The molecule has 5 nitrogen and oxygen atoms in total. The highest BCUT2D eigenvalue weighted by molar-refractivity contribution is 9.10. The Labute approximate surface area is 127 Å². The van der Waals surface area contributed by atoms with Gasteiger partial charge < -0.3 is 5.73 Å². The summed E-state index contributed by atoms with van der Waals surface area (Å²) in [5, 5.41) is 10.9. The van der Waals surface area contributed by atoms with Crippen molar-refractivity contribution in [2.45, 2.75) is 32.4 Å². The second kappa shape index (κ2) is 6.65. The van der Waals surface area contributed by atoms with Gasteiger partial charge in [-0.05, 0) is 36.9 Å². The Morgan fingerprint density at radius 2 is 2.25 bits per heavy atom. The fourth-order valence-corrected chi connectivity index (χ4v) is 3.51. The van der Waals surface area contributed by atoms with Gasteiger partial charge in [0.05, 0.1) is 4.92 Å². The number of nitrogens with two attached hydrogens (primary N) is 1. The van der Waals surface area contributed by atoms with Gasteiger partial charge in [0.15, 0.2) is 0 Å². The number of benzene rings is 1. The van der Waals surface area contributed by atoms with E-state index < -0.39 is 0 Å². The Bertz CT molecular complexity index is 495. The fourth-order valence-electron chi connectivity index (χ4n) is 2.98. The van der Waals surface area contributed by atoms with Gasteiger partial charge >= 0.3 is 0 Å². The average Bonchev–Trinajstić information content (AvgIpc) is 2.38. The van der Waals surface area contributed by atoms with Crippen LogP contribution in [0.4, 0.5) is 5.69 Å². The van der Waals surface area contributed by atoms with Crippen molar-refractivity contribution in [3.63, 3.8) is 0 Å². The highest BCUT2D eigenvalue weighted by Gasteiger charge is 2.27. The van der Waals surface area contributed by atoms with Crippen molar-refractivity contribution >= 4 is 21.6 Å².